The lowest BCUT2D eigenvalue weighted by molar-refractivity contribution is -0.117. The Morgan fingerprint density at radius 3 is 3.20 bits per heavy atom. The summed E-state index contributed by atoms with van der Waals surface area (Å²) in [7, 11) is 0. The molecule has 0 saturated heterocycles. The van der Waals surface area contributed by atoms with Crippen molar-refractivity contribution in [3.63, 3.8) is 0 Å². The molecule has 0 aromatic carbocycles. The minimum absolute atomic E-state index is 0.0925. The molecule has 1 saturated carbocycles. The van der Waals surface area contributed by atoms with Gasteiger partial charge in [0.2, 0.25) is 5.91 Å². The van der Waals surface area contributed by atoms with Gasteiger partial charge >= 0.3 is 0 Å². The molecule has 20 heavy (non-hydrogen) atoms. The van der Waals surface area contributed by atoms with E-state index >= 15 is 0 Å². The molecule has 1 aliphatic carbocycles. The predicted molar refractivity (Wildman–Crippen MR) is 77.2 cm³/mol. The Balaban J connectivity index is 1.81. The summed E-state index contributed by atoms with van der Waals surface area (Å²) in [5, 5.41) is 4.09. The summed E-state index contributed by atoms with van der Waals surface area (Å²) in [6, 6.07) is 2.24. The molecule has 5 heteroatoms. The Hall–Kier alpha value is -2.17. The second-order valence-electron chi connectivity index (χ2n) is 5.27. The zero-order chi connectivity index (χ0) is 13.9. The van der Waals surface area contributed by atoms with Crippen molar-refractivity contribution in [3.8, 4) is 0 Å². The monoisotopic (exact) mass is 270 g/mol. The SMILES string of the molecule is C=CC(=O)N[C@@H]1CCC[C@H](c2ncnc3[nH]ccc23)C1. The third-order valence-corrected chi connectivity index (χ3v) is 3.98. The minimum atomic E-state index is -0.0925. The van der Waals surface area contributed by atoms with Crippen LogP contribution in [0.25, 0.3) is 11.0 Å². The van der Waals surface area contributed by atoms with Gasteiger partial charge in [0, 0.05) is 23.5 Å². The molecule has 0 bridgehead atoms. The molecule has 0 spiro atoms. The van der Waals surface area contributed by atoms with Crippen molar-refractivity contribution in [1.82, 2.24) is 20.3 Å². The first kappa shape index (κ1) is 12.8. The zero-order valence-electron chi connectivity index (χ0n) is 11.3. The highest BCUT2D eigenvalue weighted by molar-refractivity contribution is 5.87. The van der Waals surface area contributed by atoms with E-state index in [1.54, 1.807) is 6.33 Å². The van der Waals surface area contributed by atoms with Crippen molar-refractivity contribution in [2.24, 2.45) is 0 Å². The maximum absolute atomic E-state index is 11.4. The second-order valence-corrected chi connectivity index (χ2v) is 5.27. The number of H-pyrrole nitrogens is 1. The Morgan fingerprint density at radius 1 is 1.45 bits per heavy atom. The minimum Gasteiger partial charge on any atom is -0.350 e. The van der Waals surface area contributed by atoms with Crippen LogP contribution in [0.15, 0.2) is 31.2 Å². The van der Waals surface area contributed by atoms with E-state index in [1.165, 1.54) is 6.08 Å². The molecule has 2 atom stereocenters. The predicted octanol–water partition coefficient (Wildman–Crippen LogP) is 2.29. The summed E-state index contributed by atoms with van der Waals surface area (Å²) in [6.07, 6.45) is 9.00. The Bertz CT molecular complexity index is 634. The number of hydrogen-bond acceptors (Lipinski definition) is 3. The van der Waals surface area contributed by atoms with Gasteiger partial charge in [-0.2, -0.15) is 0 Å². The van der Waals surface area contributed by atoms with E-state index in [-0.39, 0.29) is 11.9 Å². The number of carbonyl (C=O) groups is 1. The number of fused-ring (bicyclic) bond motifs is 1. The highest BCUT2D eigenvalue weighted by atomic mass is 16.1. The van der Waals surface area contributed by atoms with Crippen LogP contribution in [0.3, 0.4) is 0 Å². The molecule has 3 rings (SSSR count). The van der Waals surface area contributed by atoms with E-state index in [2.05, 4.69) is 26.8 Å². The van der Waals surface area contributed by atoms with Crippen molar-refractivity contribution >= 4 is 16.9 Å². The van der Waals surface area contributed by atoms with Gasteiger partial charge < -0.3 is 10.3 Å². The van der Waals surface area contributed by atoms with E-state index in [4.69, 9.17) is 0 Å². The van der Waals surface area contributed by atoms with E-state index in [0.717, 1.165) is 42.4 Å². The first-order valence-electron chi connectivity index (χ1n) is 6.99. The van der Waals surface area contributed by atoms with Crippen LogP contribution in [-0.4, -0.2) is 26.9 Å². The smallest absolute Gasteiger partial charge is 0.243 e. The fraction of sp³-hybridized carbons (Fsp3) is 0.400. The van der Waals surface area contributed by atoms with Gasteiger partial charge in [0.05, 0.1) is 5.69 Å². The molecular formula is C15H18N4O. The maximum Gasteiger partial charge on any atom is 0.243 e. The molecular weight excluding hydrogens is 252 g/mol. The van der Waals surface area contributed by atoms with Crippen molar-refractivity contribution < 1.29 is 4.79 Å². The molecule has 0 radical (unpaired) electrons. The molecule has 0 aliphatic heterocycles. The molecule has 0 unspecified atom stereocenters. The summed E-state index contributed by atoms with van der Waals surface area (Å²) >= 11 is 0. The Morgan fingerprint density at radius 2 is 2.35 bits per heavy atom. The lowest BCUT2D eigenvalue weighted by Gasteiger charge is -2.29. The molecule has 2 N–H and O–H groups in total. The number of nitrogens with zero attached hydrogens (tertiary/aromatic N) is 2. The summed E-state index contributed by atoms with van der Waals surface area (Å²) in [5.74, 6) is 0.283. The van der Waals surface area contributed by atoms with Gasteiger partial charge in [-0.15, -0.1) is 0 Å². The van der Waals surface area contributed by atoms with Gasteiger partial charge in [-0.1, -0.05) is 13.0 Å². The largest absolute Gasteiger partial charge is 0.350 e. The van der Waals surface area contributed by atoms with E-state index in [9.17, 15) is 4.79 Å². The number of aromatic amines is 1. The quantitative estimate of drug-likeness (QED) is 0.841. The van der Waals surface area contributed by atoms with Gasteiger partial charge in [-0.05, 0) is 31.4 Å². The summed E-state index contributed by atoms with van der Waals surface area (Å²) in [5.41, 5.74) is 1.97. The summed E-state index contributed by atoms with van der Waals surface area (Å²) in [4.78, 5) is 23.3. The van der Waals surface area contributed by atoms with E-state index in [0.29, 0.717) is 5.92 Å². The molecule has 1 fully saturated rings. The van der Waals surface area contributed by atoms with Crippen LogP contribution in [-0.2, 0) is 4.79 Å². The van der Waals surface area contributed by atoms with Crippen LogP contribution >= 0.6 is 0 Å². The first-order valence-corrected chi connectivity index (χ1v) is 6.99. The number of carbonyl (C=O) groups excluding carboxylic acids is 1. The molecule has 2 heterocycles. The van der Waals surface area contributed by atoms with Gasteiger partial charge in [-0.25, -0.2) is 9.97 Å². The van der Waals surface area contributed by atoms with Gasteiger partial charge in [0.1, 0.15) is 12.0 Å². The summed E-state index contributed by atoms with van der Waals surface area (Å²) < 4.78 is 0. The van der Waals surface area contributed by atoms with Crippen molar-refractivity contribution in [3.05, 3.63) is 36.9 Å². The molecule has 104 valence electrons. The highest BCUT2D eigenvalue weighted by Gasteiger charge is 2.26. The lowest BCUT2D eigenvalue weighted by Crippen LogP contribution is -2.37. The number of rotatable bonds is 3. The number of amides is 1. The van der Waals surface area contributed by atoms with Gasteiger partial charge in [0.25, 0.3) is 0 Å². The first-order chi connectivity index (χ1) is 9.78. The van der Waals surface area contributed by atoms with Crippen LogP contribution in [0.1, 0.15) is 37.3 Å². The average molecular weight is 270 g/mol. The maximum atomic E-state index is 11.4. The fourth-order valence-electron chi connectivity index (χ4n) is 3.05. The normalized spacial score (nSPS) is 22.6. The zero-order valence-corrected chi connectivity index (χ0v) is 11.3. The topological polar surface area (TPSA) is 70.7 Å². The molecule has 2 aromatic rings. The highest BCUT2D eigenvalue weighted by Crippen LogP contribution is 2.34. The van der Waals surface area contributed by atoms with Crippen LogP contribution in [0.2, 0.25) is 0 Å². The molecule has 2 aromatic heterocycles. The summed E-state index contributed by atoms with van der Waals surface area (Å²) in [6.45, 7) is 3.50. The van der Waals surface area contributed by atoms with Crippen LogP contribution < -0.4 is 5.32 Å². The third-order valence-electron chi connectivity index (χ3n) is 3.98. The molecule has 1 amide bonds. The van der Waals surface area contributed by atoms with Crippen molar-refractivity contribution in [2.45, 2.75) is 37.6 Å². The average Bonchev–Trinajstić information content (AvgIpc) is 2.95. The third kappa shape index (κ3) is 2.43. The molecule has 5 nitrogen and oxygen atoms in total. The van der Waals surface area contributed by atoms with Gasteiger partial charge in [0.15, 0.2) is 0 Å². The van der Waals surface area contributed by atoms with Crippen LogP contribution in [0, 0.1) is 0 Å². The molecule has 1 aliphatic rings. The fourth-order valence-corrected chi connectivity index (χ4v) is 3.05. The Labute approximate surface area is 117 Å². The van der Waals surface area contributed by atoms with E-state index < -0.39 is 0 Å². The van der Waals surface area contributed by atoms with Crippen LogP contribution in [0.4, 0.5) is 0 Å². The van der Waals surface area contributed by atoms with Gasteiger partial charge in [-0.3, -0.25) is 4.79 Å². The standard InChI is InChI=1S/C15H18N4O/c1-2-13(20)19-11-5-3-4-10(8-11)14-12-6-7-16-15(12)18-9-17-14/h2,6-7,9-11H,1,3-5,8H2,(H,19,20)(H,16,17,18)/t10-,11+/m0/s1. The number of nitrogens with one attached hydrogen (secondary N) is 2. The van der Waals surface area contributed by atoms with Crippen molar-refractivity contribution in [1.29, 1.82) is 0 Å². The number of aromatic nitrogens is 3. The van der Waals surface area contributed by atoms with Crippen molar-refractivity contribution in [2.75, 3.05) is 0 Å². The lowest BCUT2D eigenvalue weighted by atomic mass is 9.83. The Kier molecular flexibility index (Phi) is 3.50. The number of hydrogen-bond donors (Lipinski definition) is 2. The second kappa shape index (κ2) is 5.45. The van der Waals surface area contributed by atoms with E-state index in [1.807, 2.05) is 12.3 Å². The van der Waals surface area contributed by atoms with Crippen LogP contribution in [0.5, 0.6) is 0 Å².